The molecule has 0 fully saturated rings. The predicted octanol–water partition coefficient (Wildman–Crippen LogP) is 2.49. The van der Waals surface area contributed by atoms with Gasteiger partial charge >= 0.3 is 5.97 Å². The van der Waals surface area contributed by atoms with Crippen molar-refractivity contribution in [2.75, 3.05) is 13.2 Å². The summed E-state index contributed by atoms with van der Waals surface area (Å²) in [5.74, 6) is -0.721. The number of unbranched alkanes of at least 4 members (excludes halogenated alkanes) is 1. The van der Waals surface area contributed by atoms with Gasteiger partial charge in [-0.3, -0.25) is 19.7 Å². The van der Waals surface area contributed by atoms with Gasteiger partial charge in [0.05, 0.1) is 24.0 Å². The summed E-state index contributed by atoms with van der Waals surface area (Å²) in [6.45, 7) is 4.60. The minimum atomic E-state index is -0.693. The molecular weight excluding hydrogens is 300 g/mol. The minimum absolute atomic E-state index is 0.0621. The van der Waals surface area contributed by atoms with Gasteiger partial charge in [0.25, 0.3) is 5.69 Å². The Labute approximate surface area is 135 Å². The lowest BCUT2D eigenvalue weighted by Crippen LogP contribution is -2.39. The zero-order chi connectivity index (χ0) is 17.2. The molecule has 0 aromatic heterocycles. The molecule has 1 N–H and O–H groups in total. The molecule has 0 aliphatic rings. The van der Waals surface area contributed by atoms with Crippen LogP contribution in [0, 0.1) is 10.1 Å². The molecule has 1 aromatic carbocycles. The third-order valence-electron chi connectivity index (χ3n) is 3.28. The predicted molar refractivity (Wildman–Crippen MR) is 85.4 cm³/mol. The first-order valence-corrected chi connectivity index (χ1v) is 7.67. The normalized spacial score (nSPS) is 11.7. The monoisotopic (exact) mass is 322 g/mol. The number of ether oxygens (including phenoxy) is 1. The summed E-state index contributed by atoms with van der Waals surface area (Å²) >= 11 is 0. The van der Waals surface area contributed by atoms with E-state index in [-0.39, 0.29) is 24.5 Å². The Morgan fingerprint density at radius 3 is 2.43 bits per heavy atom. The average Bonchev–Trinajstić information content (AvgIpc) is 2.53. The molecule has 1 unspecified atom stereocenters. The highest BCUT2D eigenvalue weighted by Crippen LogP contribution is 2.14. The zero-order valence-corrected chi connectivity index (χ0v) is 13.4. The first-order chi connectivity index (χ1) is 11.0. The summed E-state index contributed by atoms with van der Waals surface area (Å²) in [5.41, 5.74) is 0.247. The Kier molecular flexibility index (Phi) is 7.90. The fourth-order valence-electron chi connectivity index (χ4n) is 2.05. The molecule has 0 spiro atoms. The van der Waals surface area contributed by atoms with Crippen molar-refractivity contribution in [2.24, 2.45) is 0 Å². The van der Waals surface area contributed by atoms with Crippen molar-refractivity contribution in [2.45, 2.75) is 39.2 Å². The molecule has 7 heteroatoms. The number of nitrogens with zero attached hydrogens (tertiary/aromatic N) is 1. The van der Waals surface area contributed by atoms with Gasteiger partial charge in [0.15, 0.2) is 5.78 Å². The molecule has 1 atom stereocenters. The Bertz CT molecular complexity index is 542. The van der Waals surface area contributed by atoms with Crippen molar-refractivity contribution in [3.63, 3.8) is 0 Å². The molecule has 0 saturated heterocycles. The molecule has 0 bridgehead atoms. The van der Waals surface area contributed by atoms with E-state index in [4.69, 9.17) is 4.74 Å². The number of hydrogen-bond donors (Lipinski definition) is 1. The van der Waals surface area contributed by atoms with E-state index in [2.05, 4.69) is 5.32 Å². The van der Waals surface area contributed by atoms with Gasteiger partial charge in [-0.2, -0.15) is 0 Å². The van der Waals surface area contributed by atoms with Crippen LogP contribution in [0.15, 0.2) is 24.3 Å². The Morgan fingerprint density at radius 2 is 1.91 bits per heavy atom. The maximum absolute atomic E-state index is 12.5. The lowest BCUT2D eigenvalue weighted by Gasteiger charge is -2.17. The van der Waals surface area contributed by atoms with Gasteiger partial charge in [0, 0.05) is 17.7 Å². The van der Waals surface area contributed by atoms with Crippen LogP contribution >= 0.6 is 0 Å². The second-order valence-electron chi connectivity index (χ2n) is 5.04. The van der Waals surface area contributed by atoms with Gasteiger partial charge in [-0.1, -0.05) is 13.3 Å². The smallest absolute Gasteiger partial charge is 0.307 e. The standard InChI is InChI=1S/C16H22N2O5/c1-3-5-10-17-14(11-15(19)23-4-2)16(20)12-6-8-13(9-7-12)18(21)22/h6-9,14,17H,3-5,10-11H2,1-2H3. The maximum Gasteiger partial charge on any atom is 0.307 e. The Balaban J connectivity index is 2.83. The number of carbonyl (C=O) groups excluding carboxylic acids is 2. The summed E-state index contributed by atoms with van der Waals surface area (Å²) in [7, 11) is 0. The molecule has 1 rings (SSSR count). The van der Waals surface area contributed by atoms with Gasteiger partial charge in [-0.15, -0.1) is 0 Å². The van der Waals surface area contributed by atoms with Crippen LogP contribution in [0.2, 0.25) is 0 Å². The van der Waals surface area contributed by atoms with Crippen LogP contribution in [0.1, 0.15) is 43.5 Å². The van der Waals surface area contributed by atoms with E-state index in [1.807, 2.05) is 6.92 Å². The van der Waals surface area contributed by atoms with Crippen LogP contribution in [0.4, 0.5) is 5.69 Å². The number of ketones is 1. The number of nitro benzene ring substituents is 1. The summed E-state index contributed by atoms with van der Waals surface area (Å²) in [6, 6.07) is 4.67. The van der Waals surface area contributed by atoms with E-state index in [1.54, 1.807) is 6.92 Å². The van der Waals surface area contributed by atoms with Gasteiger partial charge in [-0.05, 0) is 32.0 Å². The minimum Gasteiger partial charge on any atom is -0.466 e. The fraction of sp³-hybridized carbons (Fsp3) is 0.500. The maximum atomic E-state index is 12.5. The zero-order valence-electron chi connectivity index (χ0n) is 13.4. The number of benzene rings is 1. The van der Waals surface area contributed by atoms with Crippen LogP contribution in [0.25, 0.3) is 0 Å². The molecular formula is C16H22N2O5. The number of rotatable bonds is 10. The molecule has 0 radical (unpaired) electrons. The second-order valence-corrected chi connectivity index (χ2v) is 5.04. The van der Waals surface area contributed by atoms with Gasteiger partial charge in [0.2, 0.25) is 0 Å². The number of nitro groups is 1. The summed E-state index contributed by atoms with van der Waals surface area (Å²) in [5, 5.41) is 13.7. The number of esters is 1. The van der Waals surface area contributed by atoms with Crippen LogP contribution < -0.4 is 5.32 Å². The highest BCUT2D eigenvalue weighted by molar-refractivity contribution is 6.02. The molecule has 0 heterocycles. The quantitative estimate of drug-likeness (QED) is 0.234. The van der Waals surface area contributed by atoms with Crippen molar-refractivity contribution < 1.29 is 19.2 Å². The van der Waals surface area contributed by atoms with E-state index in [9.17, 15) is 19.7 Å². The second kappa shape index (κ2) is 9.68. The van der Waals surface area contributed by atoms with Crippen molar-refractivity contribution in [3.8, 4) is 0 Å². The van der Waals surface area contributed by atoms with Gasteiger partial charge in [0.1, 0.15) is 0 Å². The number of Topliss-reactive ketones (excluding diaryl/α,β-unsaturated/α-hetero) is 1. The van der Waals surface area contributed by atoms with Crippen LogP contribution in [0.3, 0.4) is 0 Å². The third-order valence-corrected chi connectivity index (χ3v) is 3.28. The van der Waals surface area contributed by atoms with Crippen molar-refractivity contribution >= 4 is 17.4 Å². The van der Waals surface area contributed by atoms with Crippen molar-refractivity contribution in [1.82, 2.24) is 5.32 Å². The van der Waals surface area contributed by atoms with E-state index < -0.39 is 16.9 Å². The van der Waals surface area contributed by atoms with E-state index >= 15 is 0 Å². The SMILES string of the molecule is CCCCNC(CC(=O)OCC)C(=O)c1ccc([N+](=O)[O-])cc1. The summed E-state index contributed by atoms with van der Waals surface area (Å²) in [6.07, 6.45) is 1.78. The van der Waals surface area contributed by atoms with Crippen LogP contribution in [0.5, 0.6) is 0 Å². The third kappa shape index (κ3) is 6.15. The number of hydrogen-bond acceptors (Lipinski definition) is 6. The first kappa shape index (κ1) is 18.8. The highest BCUT2D eigenvalue weighted by atomic mass is 16.6. The van der Waals surface area contributed by atoms with Gasteiger partial charge < -0.3 is 10.1 Å². The largest absolute Gasteiger partial charge is 0.466 e. The topological polar surface area (TPSA) is 98.5 Å². The fourth-order valence-corrected chi connectivity index (χ4v) is 2.05. The number of non-ortho nitro benzene ring substituents is 1. The molecule has 0 aliphatic heterocycles. The molecule has 7 nitrogen and oxygen atoms in total. The molecule has 23 heavy (non-hydrogen) atoms. The summed E-state index contributed by atoms with van der Waals surface area (Å²) < 4.78 is 4.89. The number of nitrogens with one attached hydrogen (secondary N) is 1. The van der Waals surface area contributed by atoms with Crippen molar-refractivity contribution in [3.05, 3.63) is 39.9 Å². The van der Waals surface area contributed by atoms with Crippen LogP contribution in [-0.2, 0) is 9.53 Å². The lowest BCUT2D eigenvalue weighted by molar-refractivity contribution is -0.384. The van der Waals surface area contributed by atoms with E-state index in [0.29, 0.717) is 12.1 Å². The molecule has 0 saturated carbocycles. The molecule has 1 aromatic rings. The lowest BCUT2D eigenvalue weighted by atomic mass is 10.0. The van der Waals surface area contributed by atoms with E-state index in [0.717, 1.165) is 12.8 Å². The van der Waals surface area contributed by atoms with E-state index in [1.165, 1.54) is 24.3 Å². The average molecular weight is 322 g/mol. The number of carbonyl (C=O) groups is 2. The summed E-state index contributed by atoms with van der Waals surface area (Å²) in [4.78, 5) is 34.3. The molecule has 0 aliphatic carbocycles. The molecule has 0 amide bonds. The van der Waals surface area contributed by atoms with Gasteiger partial charge in [-0.25, -0.2) is 0 Å². The van der Waals surface area contributed by atoms with Crippen LogP contribution in [-0.4, -0.2) is 35.9 Å². The first-order valence-electron chi connectivity index (χ1n) is 7.67. The van der Waals surface area contributed by atoms with Crippen molar-refractivity contribution in [1.29, 1.82) is 0 Å². The highest BCUT2D eigenvalue weighted by Gasteiger charge is 2.23. The molecule has 126 valence electrons. The Hall–Kier alpha value is -2.28. The Morgan fingerprint density at radius 1 is 1.26 bits per heavy atom.